The van der Waals surface area contributed by atoms with E-state index in [2.05, 4.69) is 5.32 Å². The zero-order valence-corrected chi connectivity index (χ0v) is 13.2. The minimum absolute atomic E-state index is 0.0254. The molecule has 0 unspecified atom stereocenters. The molecule has 0 bridgehead atoms. The third kappa shape index (κ3) is 4.46. The number of rotatable bonds is 4. The van der Waals surface area contributed by atoms with Gasteiger partial charge in [0.1, 0.15) is 5.82 Å². The van der Waals surface area contributed by atoms with Crippen LogP contribution in [0.15, 0.2) is 42.6 Å². The number of nitrogens with zero attached hydrogens (tertiary/aromatic N) is 1. The summed E-state index contributed by atoms with van der Waals surface area (Å²) in [6, 6.07) is 9.03. The Hall–Kier alpha value is -2.19. The number of alkyl halides is 3. The Labute approximate surface area is 142 Å². The average molecular weight is 357 g/mol. The summed E-state index contributed by atoms with van der Waals surface area (Å²) in [6.45, 7) is 0.304. The van der Waals surface area contributed by atoms with Crippen LogP contribution < -0.4 is 14.6 Å². The number of ether oxygens (including phenoxy) is 2. The van der Waals surface area contributed by atoms with E-state index in [0.717, 1.165) is 6.54 Å². The fourth-order valence-electron chi connectivity index (χ4n) is 2.61. The van der Waals surface area contributed by atoms with Gasteiger partial charge >= 0.3 is 12.1 Å². The summed E-state index contributed by atoms with van der Waals surface area (Å²) in [6.07, 6.45) is -3.32. The van der Waals surface area contributed by atoms with Crippen LogP contribution in [0.5, 0.6) is 5.88 Å². The molecule has 0 spiro atoms. The van der Waals surface area contributed by atoms with E-state index in [1.807, 2.05) is 0 Å². The van der Waals surface area contributed by atoms with Gasteiger partial charge in [-0.05, 0) is 12.1 Å². The molecule has 1 N–H and O–H groups in total. The highest BCUT2D eigenvalue weighted by molar-refractivity contribution is 5.31. The van der Waals surface area contributed by atoms with Crippen LogP contribution in [-0.2, 0) is 4.74 Å². The van der Waals surface area contributed by atoms with Gasteiger partial charge in [0.15, 0.2) is 12.8 Å². The van der Waals surface area contributed by atoms with Crippen molar-refractivity contribution in [1.29, 1.82) is 0 Å². The molecule has 8 heteroatoms. The van der Waals surface area contributed by atoms with E-state index in [0.29, 0.717) is 24.4 Å². The number of benzene rings is 1. The van der Waals surface area contributed by atoms with Crippen LogP contribution in [0.2, 0.25) is 0 Å². The molecule has 2 heterocycles. The fourth-order valence-corrected chi connectivity index (χ4v) is 2.61. The van der Waals surface area contributed by atoms with E-state index in [-0.39, 0.29) is 12.0 Å². The lowest BCUT2D eigenvalue weighted by molar-refractivity contribution is -0.604. The molecule has 4 nitrogen and oxygen atoms in total. The molecule has 3 rings (SSSR count). The summed E-state index contributed by atoms with van der Waals surface area (Å²) in [5.41, 5.74) is 0.771. The van der Waals surface area contributed by atoms with Crippen molar-refractivity contribution in [2.75, 3.05) is 26.3 Å². The molecule has 1 saturated heterocycles. The minimum Gasteiger partial charge on any atom is -0.434 e. The van der Waals surface area contributed by atoms with Crippen molar-refractivity contribution < 1.29 is 31.6 Å². The van der Waals surface area contributed by atoms with Crippen molar-refractivity contribution in [3.63, 3.8) is 0 Å². The van der Waals surface area contributed by atoms with Crippen molar-refractivity contribution in [2.45, 2.75) is 12.3 Å². The lowest BCUT2D eigenvalue weighted by Gasteiger charge is -2.24. The third-order valence-electron chi connectivity index (χ3n) is 3.74. The standard InChI is InChI=1S/C17H17F4N2O2/c18-14-9-12(4-5-13(14)15-10-22-6-8-24-15)23-7-2-1-3-16(23)25-11-17(19,20)21/h1-5,7,9,15,22H,6,8,10-11H2/q+1/t15-/m1/s1. The summed E-state index contributed by atoms with van der Waals surface area (Å²) in [4.78, 5) is 0. The summed E-state index contributed by atoms with van der Waals surface area (Å²) < 4.78 is 63.4. The third-order valence-corrected chi connectivity index (χ3v) is 3.74. The first kappa shape index (κ1) is 17.6. The fraction of sp³-hybridized carbons (Fsp3) is 0.353. The predicted molar refractivity (Wildman–Crippen MR) is 81.0 cm³/mol. The molecule has 2 aromatic rings. The van der Waals surface area contributed by atoms with Gasteiger partial charge in [0, 0.05) is 36.9 Å². The molecule has 1 aliphatic heterocycles. The second-order valence-electron chi connectivity index (χ2n) is 5.58. The van der Waals surface area contributed by atoms with Crippen molar-refractivity contribution in [2.24, 2.45) is 0 Å². The van der Waals surface area contributed by atoms with E-state index in [4.69, 9.17) is 9.47 Å². The molecule has 1 atom stereocenters. The Kier molecular flexibility index (Phi) is 5.19. The van der Waals surface area contributed by atoms with Crippen LogP contribution in [0.4, 0.5) is 17.6 Å². The van der Waals surface area contributed by atoms with Crippen LogP contribution in [0.1, 0.15) is 11.7 Å². The van der Waals surface area contributed by atoms with E-state index in [1.165, 1.54) is 22.9 Å². The van der Waals surface area contributed by atoms with Crippen molar-refractivity contribution in [3.05, 3.63) is 54.0 Å². The van der Waals surface area contributed by atoms with Gasteiger partial charge < -0.3 is 14.8 Å². The first-order valence-electron chi connectivity index (χ1n) is 7.76. The predicted octanol–water partition coefficient (Wildman–Crippen LogP) is 2.70. The number of nitrogens with one attached hydrogen (secondary N) is 1. The molecule has 1 aliphatic rings. The number of morpholine rings is 1. The maximum absolute atomic E-state index is 14.5. The van der Waals surface area contributed by atoms with Crippen LogP contribution in [-0.4, -0.2) is 32.5 Å². The van der Waals surface area contributed by atoms with Gasteiger partial charge in [-0.2, -0.15) is 13.2 Å². The second kappa shape index (κ2) is 7.37. The first-order chi connectivity index (χ1) is 11.9. The highest BCUT2D eigenvalue weighted by Gasteiger charge is 2.30. The molecule has 134 valence electrons. The van der Waals surface area contributed by atoms with E-state index >= 15 is 0 Å². The number of halogens is 4. The van der Waals surface area contributed by atoms with Crippen LogP contribution >= 0.6 is 0 Å². The molecular formula is C17H17F4N2O2+. The maximum Gasteiger partial charge on any atom is 0.422 e. The highest BCUT2D eigenvalue weighted by Crippen LogP contribution is 2.23. The molecular weight excluding hydrogens is 340 g/mol. The number of aromatic nitrogens is 1. The van der Waals surface area contributed by atoms with Gasteiger partial charge in [0.2, 0.25) is 5.69 Å². The van der Waals surface area contributed by atoms with Crippen molar-refractivity contribution in [1.82, 2.24) is 5.32 Å². The van der Waals surface area contributed by atoms with Crippen LogP contribution in [0.25, 0.3) is 5.69 Å². The Bertz CT molecular complexity index is 731. The van der Waals surface area contributed by atoms with Gasteiger partial charge in [0.25, 0.3) is 0 Å². The monoisotopic (exact) mass is 357 g/mol. The highest BCUT2D eigenvalue weighted by atomic mass is 19.4. The van der Waals surface area contributed by atoms with Crippen LogP contribution in [0, 0.1) is 5.82 Å². The maximum atomic E-state index is 14.5. The quantitative estimate of drug-likeness (QED) is 0.675. The van der Waals surface area contributed by atoms with Crippen molar-refractivity contribution in [3.8, 4) is 11.6 Å². The Balaban J connectivity index is 1.86. The van der Waals surface area contributed by atoms with E-state index in [1.54, 1.807) is 24.3 Å². The zero-order valence-electron chi connectivity index (χ0n) is 13.2. The Morgan fingerprint density at radius 3 is 2.76 bits per heavy atom. The SMILES string of the molecule is Fc1cc(-[n+]2ccccc2OCC(F)(F)F)ccc1[C@H]1CNCCO1. The largest absolute Gasteiger partial charge is 0.434 e. The summed E-state index contributed by atoms with van der Waals surface area (Å²) in [7, 11) is 0. The topological polar surface area (TPSA) is 34.4 Å². The number of pyridine rings is 1. The second-order valence-corrected chi connectivity index (χ2v) is 5.58. The van der Waals surface area contributed by atoms with Crippen molar-refractivity contribution >= 4 is 0 Å². The van der Waals surface area contributed by atoms with Gasteiger partial charge in [-0.3, -0.25) is 0 Å². The normalized spacial score (nSPS) is 18.2. The molecule has 1 fully saturated rings. The van der Waals surface area contributed by atoms with E-state index in [9.17, 15) is 17.6 Å². The number of hydrogen-bond acceptors (Lipinski definition) is 3. The first-order valence-corrected chi connectivity index (χ1v) is 7.76. The van der Waals surface area contributed by atoms with Gasteiger partial charge in [-0.15, -0.1) is 4.57 Å². The molecule has 0 saturated carbocycles. The summed E-state index contributed by atoms with van der Waals surface area (Å²) in [5, 5.41) is 3.12. The minimum atomic E-state index is -4.45. The van der Waals surface area contributed by atoms with Gasteiger partial charge in [-0.25, -0.2) is 4.39 Å². The van der Waals surface area contributed by atoms with Crippen LogP contribution in [0.3, 0.4) is 0 Å². The van der Waals surface area contributed by atoms with Gasteiger partial charge in [-0.1, -0.05) is 0 Å². The van der Waals surface area contributed by atoms with Gasteiger partial charge in [0.05, 0.1) is 18.8 Å². The average Bonchev–Trinajstić information content (AvgIpc) is 2.60. The molecule has 1 aromatic carbocycles. The molecule has 0 amide bonds. The molecule has 0 aliphatic carbocycles. The molecule has 25 heavy (non-hydrogen) atoms. The molecule has 1 aromatic heterocycles. The lowest BCUT2D eigenvalue weighted by Crippen LogP contribution is -2.35. The molecule has 0 radical (unpaired) electrons. The Morgan fingerprint density at radius 1 is 1.24 bits per heavy atom. The Morgan fingerprint density at radius 2 is 2.08 bits per heavy atom. The lowest BCUT2D eigenvalue weighted by atomic mass is 10.1. The summed E-state index contributed by atoms with van der Waals surface area (Å²) in [5.74, 6) is -0.508. The summed E-state index contributed by atoms with van der Waals surface area (Å²) >= 11 is 0. The van der Waals surface area contributed by atoms with E-state index < -0.39 is 18.6 Å². The zero-order chi connectivity index (χ0) is 17.9. The smallest absolute Gasteiger partial charge is 0.422 e. The number of hydrogen-bond donors (Lipinski definition) is 1.